The number of aliphatic hydroxyl groups is 1. The number of nitrogens with two attached hydrogens (primary N) is 2. The summed E-state index contributed by atoms with van der Waals surface area (Å²) in [6.07, 6.45) is -1.97. The number of rotatable bonds is 15. The van der Waals surface area contributed by atoms with Gasteiger partial charge in [0.2, 0.25) is 23.6 Å². The number of amides is 4. The van der Waals surface area contributed by atoms with E-state index in [-0.39, 0.29) is 37.2 Å². The van der Waals surface area contributed by atoms with Crippen molar-refractivity contribution in [2.75, 3.05) is 0 Å². The van der Waals surface area contributed by atoms with Gasteiger partial charge in [-0.05, 0) is 48.7 Å². The lowest BCUT2D eigenvalue weighted by molar-refractivity contribution is -0.142. The summed E-state index contributed by atoms with van der Waals surface area (Å²) in [6, 6.07) is 5.94. The standard InChI is InChI=1S/C27H35N5O9/c1-14(33)23(32-24(37)19(28)10-11-22(29)36)26(39)30-20(12-15-2-6-17(34)7-3-15)25(38)31-21(27(40)41)13-16-4-8-18(35)9-5-16/h2-9,14,19-21,23,33-35H,10-13,28H2,1H3,(H2,29,36)(H,30,39)(H,31,38)(H,32,37)(H,40,41). The van der Waals surface area contributed by atoms with Crippen LogP contribution in [0.5, 0.6) is 11.5 Å². The number of hydrogen-bond acceptors (Lipinski definition) is 9. The third kappa shape index (κ3) is 10.8. The van der Waals surface area contributed by atoms with Crippen molar-refractivity contribution in [2.24, 2.45) is 11.5 Å². The first-order valence-electron chi connectivity index (χ1n) is 12.7. The van der Waals surface area contributed by atoms with Crippen molar-refractivity contribution in [1.29, 1.82) is 0 Å². The van der Waals surface area contributed by atoms with Gasteiger partial charge in [0.15, 0.2) is 0 Å². The Morgan fingerprint density at radius 2 is 1.22 bits per heavy atom. The van der Waals surface area contributed by atoms with Crippen LogP contribution < -0.4 is 27.4 Å². The summed E-state index contributed by atoms with van der Waals surface area (Å²) in [6.45, 7) is 1.23. The van der Waals surface area contributed by atoms with Gasteiger partial charge in [-0.2, -0.15) is 0 Å². The summed E-state index contributed by atoms with van der Waals surface area (Å²) in [5.74, 6) is -4.75. The number of primary amides is 1. The molecular formula is C27H35N5O9. The van der Waals surface area contributed by atoms with Crippen molar-refractivity contribution >= 4 is 29.6 Å². The minimum Gasteiger partial charge on any atom is -0.508 e. The molecule has 14 nitrogen and oxygen atoms in total. The van der Waals surface area contributed by atoms with E-state index < -0.39 is 59.9 Å². The molecule has 0 radical (unpaired) electrons. The van der Waals surface area contributed by atoms with Crippen LogP contribution in [0.4, 0.5) is 0 Å². The molecule has 2 aromatic rings. The maximum absolute atomic E-state index is 13.3. The second-order valence-electron chi connectivity index (χ2n) is 9.54. The number of carbonyl (C=O) groups excluding carboxylic acids is 4. The first-order chi connectivity index (χ1) is 19.3. The number of phenols is 2. The van der Waals surface area contributed by atoms with E-state index in [1.165, 1.54) is 55.5 Å². The molecule has 0 aromatic heterocycles. The zero-order valence-electron chi connectivity index (χ0n) is 22.3. The molecule has 0 aliphatic heterocycles. The average Bonchev–Trinajstić information content (AvgIpc) is 2.91. The smallest absolute Gasteiger partial charge is 0.326 e. The molecule has 222 valence electrons. The Balaban J connectivity index is 2.24. The molecule has 4 amide bonds. The zero-order chi connectivity index (χ0) is 30.7. The van der Waals surface area contributed by atoms with Crippen LogP contribution >= 0.6 is 0 Å². The average molecular weight is 574 g/mol. The first kappa shape index (κ1) is 32.5. The van der Waals surface area contributed by atoms with Crippen LogP contribution in [0.3, 0.4) is 0 Å². The maximum Gasteiger partial charge on any atom is 0.326 e. The van der Waals surface area contributed by atoms with E-state index in [0.29, 0.717) is 11.1 Å². The van der Waals surface area contributed by atoms with Gasteiger partial charge in [0.25, 0.3) is 0 Å². The highest BCUT2D eigenvalue weighted by Gasteiger charge is 2.32. The summed E-state index contributed by atoms with van der Waals surface area (Å²) in [5, 5.41) is 46.1. The molecule has 0 aliphatic carbocycles. The van der Waals surface area contributed by atoms with Gasteiger partial charge in [0, 0.05) is 19.3 Å². The summed E-state index contributed by atoms with van der Waals surface area (Å²) >= 11 is 0. The molecule has 0 aliphatic rings. The molecule has 0 bridgehead atoms. The lowest BCUT2D eigenvalue weighted by atomic mass is 10.0. The third-order valence-electron chi connectivity index (χ3n) is 6.10. The van der Waals surface area contributed by atoms with E-state index in [1.807, 2.05) is 0 Å². The Labute approximate surface area is 235 Å². The van der Waals surface area contributed by atoms with Crippen molar-refractivity contribution < 1.29 is 44.4 Å². The van der Waals surface area contributed by atoms with E-state index in [1.54, 1.807) is 0 Å². The molecule has 41 heavy (non-hydrogen) atoms. The van der Waals surface area contributed by atoms with E-state index in [4.69, 9.17) is 11.5 Å². The predicted octanol–water partition coefficient (Wildman–Crippen LogP) is -1.60. The number of nitrogens with one attached hydrogen (secondary N) is 3. The van der Waals surface area contributed by atoms with E-state index in [2.05, 4.69) is 16.0 Å². The number of hydrogen-bond donors (Lipinski definition) is 9. The number of carboxylic acids is 1. The van der Waals surface area contributed by atoms with Crippen LogP contribution in [-0.2, 0) is 36.8 Å². The Kier molecular flexibility index (Phi) is 12.0. The molecule has 5 unspecified atom stereocenters. The van der Waals surface area contributed by atoms with E-state index in [0.717, 1.165) is 0 Å². The van der Waals surface area contributed by atoms with Gasteiger partial charge in [0.1, 0.15) is 29.6 Å². The summed E-state index contributed by atoms with van der Waals surface area (Å²) in [7, 11) is 0. The van der Waals surface area contributed by atoms with E-state index in [9.17, 15) is 44.4 Å². The van der Waals surface area contributed by atoms with Gasteiger partial charge in [-0.1, -0.05) is 24.3 Å². The number of phenolic OH excluding ortho intramolecular Hbond substituents is 2. The van der Waals surface area contributed by atoms with Gasteiger partial charge >= 0.3 is 5.97 Å². The van der Waals surface area contributed by atoms with Gasteiger partial charge in [-0.15, -0.1) is 0 Å². The highest BCUT2D eigenvalue weighted by Crippen LogP contribution is 2.14. The van der Waals surface area contributed by atoms with Crippen LogP contribution in [0.15, 0.2) is 48.5 Å². The van der Waals surface area contributed by atoms with Crippen LogP contribution in [0.25, 0.3) is 0 Å². The normalized spacial score (nSPS) is 14.5. The molecule has 0 saturated heterocycles. The quantitative estimate of drug-likeness (QED) is 0.118. The first-order valence-corrected chi connectivity index (χ1v) is 12.7. The van der Waals surface area contributed by atoms with Crippen molar-refractivity contribution in [1.82, 2.24) is 16.0 Å². The molecule has 5 atom stereocenters. The summed E-state index contributed by atoms with van der Waals surface area (Å²) < 4.78 is 0. The van der Waals surface area contributed by atoms with Gasteiger partial charge in [0.05, 0.1) is 12.1 Å². The van der Waals surface area contributed by atoms with Crippen molar-refractivity contribution in [3.63, 3.8) is 0 Å². The SMILES string of the molecule is CC(O)C(NC(=O)C(N)CCC(N)=O)C(=O)NC(Cc1ccc(O)cc1)C(=O)NC(Cc1ccc(O)cc1)C(=O)O. The predicted molar refractivity (Wildman–Crippen MR) is 145 cm³/mol. The lowest BCUT2D eigenvalue weighted by Crippen LogP contribution is -2.60. The number of carboxylic acid groups (broad SMARTS) is 1. The molecular weight excluding hydrogens is 538 g/mol. The van der Waals surface area contributed by atoms with Crippen LogP contribution in [0, 0.1) is 0 Å². The Hall–Kier alpha value is -4.69. The molecule has 0 spiro atoms. The van der Waals surface area contributed by atoms with Crippen LogP contribution in [0.1, 0.15) is 30.9 Å². The maximum atomic E-state index is 13.3. The zero-order valence-corrected chi connectivity index (χ0v) is 22.3. The largest absolute Gasteiger partial charge is 0.508 e. The molecule has 14 heteroatoms. The number of aliphatic carboxylic acids is 1. The second-order valence-corrected chi connectivity index (χ2v) is 9.54. The summed E-state index contributed by atoms with van der Waals surface area (Å²) in [5.41, 5.74) is 11.8. The van der Waals surface area contributed by atoms with Crippen LogP contribution in [0.2, 0.25) is 0 Å². The van der Waals surface area contributed by atoms with Crippen molar-refractivity contribution in [3.05, 3.63) is 59.7 Å². The number of carbonyl (C=O) groups is 5. The molecule has 0 saturated carbocycles. The minimum atomic E-state index is -1.55. The van der Waals surface area contributed by atoms with Gasteiger partial charge in [-0.3, -0.25) is 19.2 Å². The highest BCUT2D eigenvalue weighted by atomic mass is 16.4. The third-order valence-corrected chi connectivity index (χ3v) is 6.10. The molecule has 2 rings (SSSR count). The Bertz CT molecular complexity index is 1220. The molecule has 11 N–H and O–H groups in total. The van der Waals surface area contributed by atoms with Gasteiger partial charge in [-0.25, -0.2) is 4.79 Å². The van der Waals surface area contributed by atoms with Gasteiger partial charge < -0.3 is 47.8 Å². The second kappa shape index (κ2) is 15.2. The summed E-state index contributed by atoms with van der Waals surface area (Å²) in [4.78, 5) is 61.8. The molecule has 0 heterocycles. The fourth-order valence-electron chi connectivity index (χ4n) is 3.77. The molecule has 0 fully saturated rings. The fraction of sp³-hybridized carbons (Fsp3) is 0.370. The Morgan fingerprint density at radius 1 is 0.756 bits per heavy atom. The number of aromatic hydroxyl groups is 2. The Morgan fingerprint density at radius 3 is 1.66 bits per heavy atom. The fourth-order valence-corrected chi connectivity index (χ4v) is 3.77. The van der Waals surface area contributed by atoms with Crippen molar-refractivity contribution in [2.45, 2.75) is 62.9 Å². The lowest BCUT2D eigenvalue weighted by Gasteiger charge is -2.26. The number of benzene rings is 2. The topological polar surface area (TPSA) is 254 Å². The minimum absolute atomic E-state index is 0.0186. The van der Waals surface area contributed by atoms with Crippen LogP contribution in [-0.4, -0.2) is 80.3 Å². The van der Waals surface area contributed by atoms with E-state index >= 15 is 0 Å². The number of aliphatic hydroxyl groups excluding tert-OH is 1. The monoisotopic (exact) mass is 573 g/mol. The highest BCUT2D eigenvalue weighted by molar-refractivity contribution is 5.94. The van der Waals surface area contributed by atoms with Crippen molar-refractivity contribution in [3.8, 4) is 11.5 Å². The molecule has 2 aromatic carbocycles.